The highest BCUT2D eigenvalue weighted by molar-refractivity contribution is 5.90. The zero-order chi connectivity index (χ0) is 35.0. The van der Waals surface area contributed by atoms with Crippen LogP contribution in [-0.4, -0.2) is 72.6 Å². The second-order valence-corrected chi connectivity index (χ2v) is 13.5. The van der Waals surface area contributed by atoms with Gasteiger partial charge in [-0.3, -0.25) is 19.2 Å². The zero-order valence-corrected chi connectivity index (χ0v) is 29.9. The predicted molar refractivity (Wildman–Crippen MR) is 183 cm³/mol. The van der Waals surface area contributed by atoms with E-state index in [4.69, 9.17) is 10.5 Å². The minimum atomic E-state index is -0.729. The van der Waals surface area contributed by atoms with E-state index in [0.29, 0.717) is 32.4 Å². The summed E-state index contributed by atoms with van der Waals surface area (Å²) in [6.07, 6.45) is 10.8. The Kier molecular flexibility index (Phi) is 23.6. The maximum atomic E-state index is 13.3. The molecule has 0 radical (unpaired) electrons. The monoisotopic (exact) mass is 655 g/mol. The number of amides is 5. The van der Waals surface area contributed by atoms with Crippen molar-refractivity contribution < 1.29 is 28.7 Å². The molecule has 46 heavy (non-hydrogen) atoms. The molecule has 0 aliphatic heterocycles. The first-order valence-corrected chi connectivity index (χ1v) is 17.6. The summed E-state index contributed by atoms with van der Waals surface area (Å²) < 4.78 is 5.24. The van der Waals surface area contributed by atoms with E-state index in [2.05, 4.69) is 26.6 Å². The molecule has 0 rings (SSSR count). The molecule has 0 aromatic heterocycles. The summed E-state index contributed by atoms with van der Waals surface area (Å²) in [5, 5.41) is 14.6. The minimum Gasteiger partial charge on any atom is -0.444 e. The molecule has 0 aromatic carbocycles. The van der Waals surface area contributed by atoms with Gasteiger partial charge in [-0.1, -0.05) is 58.8 Å². The van der Waals surface area contributed by atoms with Crippen molar-refractivity contribution in [1.29, 1.82) is 0 Å². The number of hydrogen-bond donors (Lipinski definition) is 6. The molecule has 0 heterocycles. The van der Waals surface area contributed by atoms with E-state index < -0.39 is 23.8 Å². The summed E-state index contributed by atoms with van der Waals surface area (Å²) >= 11 is 0. The molecular formula is C34H66N6O6. The van der Waals surface area contributed by atoms with Crippen LogP contribution in [0.1, 0.15) is 145 Å². The lowest BCUT2D eigenvalue weighted by Gasteiger charge is -2.24. The van der Waals surface area contributed by atoms with E-state index in [-0.39, 0.29) is 42.1 Å². The van der Waals surface area contributed by atoms with Gasteiger partial charge in [0.2, 0.25) is 23.6 Å². The van der Waals surface area contributed by atoms with Crippen LogP contribution in [0.15, 0.2) is 0 Å². The normalized spacial score (nSPS) is 13.9. The molecule has 0 aliphatic rings. The molecule has 0 aromatic rings. The molecule has 0 bridgehead atoms. The van der Waals surface area contributed by atoms with Gasteiger partial charge in [-0.15, -0.1) is 0 Å². The first kappa shape index (κ1) is 43.1. The molecule has 0 spiro atoms. The fourth-order valence-corrected chi connectivity index (χ4v) is 4.81. The average Bonchev–Trinajstić information content (AvgIpc) is 2.95. The van der Waals surface area contributed by atoms with Crippen molar-refractivity contribution >= 4 is 29.7 Å². The number of carbonyl (C=O) groups is 5. The van der Waals surface area contributed by atoms with Crippen LogP contribution in [0.5, 0.6) is 0 Å². The van der Waals surface area contributed by atoms with Crippen molar-refractivity contribution in [3.63, 3.8) is 0 Å². The number of hydrogen-bond acceptors (Lipinski definition) is 7. The Bertz CT molecular complexity index is 892. The van der Waals surface area contributed by atoms with Gasteiger partial charge < -0.3 is 37.1 Å². The highest BCUT2D eigenvalue weighted by Gasteiger charge is 2.25. The standard InChI is InChI=1S/C34H66N6O6/c1-8-10-21-28(40-31(43)26(4)35)32(44)39-27(20-15-11-12-16-22-36-29(41)18-9-2)24-30(42)38-25(3)19-14-13-17-23-37-33(45)46-34(5,6)7/h25-28H,8-24,35H2,1-7H3,(H,36,41)(H,37,45)(H,38,42)(H,39,44)(H,40,43). The lowest BCUT2D eigenvalue weighted by molar-refractivity contribution is -0.130. The van der Waals surface area contributed by atoms with E-state index >= 15 is 0 Å². The van der Waals surface area contributed by atoms with Gasteiger partial charge in [-0.25, -0.2) is 4.79 Å². The van der Waals surface area contributed by atoms with Crippen LogP contribution < -0.4 is 32.3 Å². The topological polar surface area (TPSA) is 181 Å². The number of unbranched alkanes of at least 4 members (excludes halogenated alkanes) is 6. The van der Waals surface area contributed by atoms with Crippen molar-refractivity contribution in [2.45, 2.75) is 175 Å². The number of alkyl carbamates (subject to hydrolysis) is 1. The zero-order valence-electron chi connectivity index (χ0n) is 29.9. The fraction of sp³-hybridized carbons (Fsp3) is 0.853. The van der Waals surface area contributed by atoms with Crippen LogP contribution in [0, 0.1) is 0 Å². The van der Waals surface area contributed by atoms with Crippen LogP contribution in [0.4, 0.5) is 4.79 Å². The molecule has 0 aliphatic carbocycles. The number of rotatable bonds is 25. The molecule has 7 N–H and O–H groups in total. The third kappa shape index (κ3) is 24.4. The van der Waals surface area contributed by atoms with Crippen LogP contribution in [0.25, 0.3) is 0 Å². The van der Waals surface area contributed by atoms with Gasteiger partial charge in [-0.05, 0) is 73.1 Å². The number of nitrogens with two attached hydrogens (primary N) is 1. The summed E-state index contributed by atoms with van der Waals surface area (Å²) in [5.74, 6) is -0.736. The Hall–Kier alpha value is -2.89. The number of carbonyl (C=O) groups excluding carboxylic acids is 5. The van der Waals surface area contributed by atoms with Crippen molar-refractivity contribution in [1.82, 2.24) is 26.6 Å². The summed E-state index contributed by atoms with van der Waals surface area (Å²) in [6.45, 7) is 14.2. The summed E-state index contributed by atoms with van der Waals surface area (Å²) in [6, 6.07) is -1.85. The van der Waals surface area contributed by atoms with E-state index in [0.717, 1.165) is 70.6 Å². The van der Waals surface area contributed by atoms with Crippen molar-refractivity contribution in [3.8, 4) is 0 Å². The van der Waals surface area contributed by atoms with Gasteiger partial charge in [0.05, 0.1) is 6.04 Å². The highest BCUT2D eigenvalue weighted by Crippen LogP contribution is 2.12. The van der Waals surface area contributed by atoms with Crippen LogP contribution in [0.3, 0.4) is 0 Å². The van der Waals surface area contributed by atoms with E-state index in [1.54, 1.807) is 6.92 Å². The van der Waals surface area contributed by atoms with Crippen LogP contribution in [0.2, 0.25) is 0 Å². The third-order valence-electron chi connectivity index (χ3n) is 7.34. The Morgan fingerprint density at radius 3 is 1.89 bits per heavy atom. The Balaban J connectivity index is 4.91. The number of ether oxygens (including phenoxy) is 1. The quantitative estimate of drug-likeness (QED) is 0.0792. The number of nitrogens with one attached hydrogen (secondary N) is 5. The first-order chi connectivity index (χ1) is 21.7. The van der Waals surface area contributed by atoms with Crippen molar-refractivity contribution in [2.75, 3.05) is 13.1 Å². The Morgan fingerprint density at radius 1 is 0.674 bits per heavy atom. The second kappa shape index (κ2) is 25.2. The molecular weight excluding hydrogens is 588 g/mol. The summed E-state index contributed by atoms with van der Waals surface area (Å²) in [4.78, 5) is 62.0. The lowest BCUT2D eigenvalue weighted by atomic mass is 10.0. The molecule has 12 nitrogen and oxygen atoms in total. The van der Waals surface area contributed by atoms with E-state index in [1.807, 2.05) is 41.5 Å². The SMILES string of the molecule is CCCCC(NC(=O)C(C)N)C(=O)NC(CCCCCCNC(=O)CCC)CC(=O)NC(C)CCCCCNC(=O)OC(C)(C)C. The van der Waals surface area contributed by atoms with Gasteiger partial charge in [0.1, 0.15) is 11.6 Å². The molecule has 268 valence electrons. The average molecular weight is 655 g/mol. The van der Waals surface area contributed by atoms with Crippen molar-refractivity contribution in [2.24, 2.45) is 5.73 Å². The molecule has 4 atom stereocenters. The largest absolute Gasteiger partial charge is 0.444 e. The molecule has 0 saturated carbocycles. The summed E-state index contributed by atoms with van der Waals surface area (Å²) in [5.41, 5.74) is 5.20. The molecule has 0 fully saturated rings. The van der Waals surface area contributed by atoms with Gasteiger partial charge >= 0.3 is 6.09 Å². The predicted octanol–water partition coefficient (Wildman–Crippen LogP) is 4.34. The smallest absolute Gasteiger partial charge is 0.407 e. The fourth-order valence-electron chi connectivity index (χ4n) is 4.81. The van der Waals surface area contributed by atoms with E-state index in [1.165, 1.54) is 0 Å². The Labute approximate surface area is 278 Å². The van der Waals surface area contributed by atoms with Gasteiger partial charge in [-0.2, -0.15) is 0 Å². The maximum Gasteiger partial charge on any atom is 0.407 e. The maximum absolute atomic E-state index is 13.3. The molecule has 0 saturated heterocycles. The molecule has 5 amide bonds. The minimum absolute atomic E-state index is 0.0341. The van der Waals surface area contributed by atoms with Crippen LogP contribution in [-0.2, 0) is 23.9 Å². The van der Waals surface area contributed by atoms with Gasteiger partial charge in [0, 0.05) is 38.0 Å². The summed E-state index contributed by atoms with van der Waals surface area (Å²) in [7, 11) is 0. The highest BCUT2D eigenvalue weighted by atomic mass is 16.6. The third-order valence-corrected chi connectivity index (χ3v) is 7.34. The molecule has 4 unspecified atom stereocenters. The van der Waals surface area contributed by atoms with Crippen LogP contribution >= 0.6 is 0 Å². The van der Waals surface area contributed by atoms with Gasteiger partial charge in [0.15, 0.2) is 0 Å². The second-order valence-electron chi connectivity index (χ2n) is 13.5. The van der Waals surface area contributed by atoms with E-state index in [9.17, 15) is 24.0 Å². The Morgan fingerprint density at radius 2 is 1.28 bits per heavy atom. The first-order valence-electron chi connectivity index (χ1n) is 17.6. The van der Waals surface area contributed by atoms with Gasteiger partial charge in [0.25, 0.3) is 0 Å². The van der Waals surface area contributed by atoms with Crippen molar-refractivity contribution in [3.05, 3.63) is 0 Å². The lowest BCUT2D eigenvalue weighted by Crippen LogP contribution is -2.53. The molecule has 12 heteroatoms.